The molecule has 2 heteroatoms. The lowest BCUT2D eigenvalue weighted by molar-refractivity contribution is 1.18. The zero-order valence-corrected chi connectivity index (χ0v) is 25.0. The number of benzene rings is 7. The average molecular weight is 575 g/mol. The third-order valence-corrected chi connectivity index (χ3v) is 9.27. The van der Waals surface area contributed by atoms with E-state index in [9.17, 15) is 0 Å². The Hall–Kier alpha value is -5.86. The minimum Gasteiger partial charge on any atom is -0.309 e. The largest absolute Gasteiger partial charge is 0.309 e. The maximum Gasteiger partial charge on any atom is 0.0541 e. The second-order valence-electron chi connectivity index (χ2n) is 11.8. The molecule has 0 saturated heterocycles. The van der Waals surface area contributed by atoms with Crippen molar-refractivity contribution in [2.45, 2.75) is 6.92 Å². The van der Waals surface area contributed by atoms with Crippen molar-refractivity contribution >= 4 is 43.6 Å². The monoisotopic (exact) mass is 574 g/mol. The van der Waals surface area contributed by atoms with Crippen molar-refractivity contribution in [3.8, 4) is 33.6 Å². The van der Waals surface area contributed by atoms with Gasteiger partial charge in [0.05, 0.1) is 27.8 Å². The van der Waals surface area contributed by atoms with Crippen molar-refractivity contribution in [2.75, 3.05) is 0 Å². The van der Waals surface area contributed by atoms with Gasteiger partial charge in [0.25, 0.3) is 0 Å². The highest BCUT2D eigenvalue weighted by Gasteiger charge is 2.17. The molecule has 0 saturated carbocycles. The number of nitrogens with zero attached hydrogens (tertiary/aromatic N) is 2. The molecule has 0 aliphatic carbocycles. The Bertz CT molecular complexity index is 2450. The molecule has 2 aromatic heterocycles. The van der Waals surface area contributed by atoms with Crippen LogP contribution in [0.2, 0.25) is 0 Å². The van der Waals surface area contributed by atoms with E-state index in [2.05, 4.69) is 180 Å². The van der Waals surface area contributed by atoms with Crippen LogP contribution < -0.4 is 0 Å². The number of aromatic nitrogens is 2. The second kappa shape index (κ2) is 10.1. The summed E-state index contributed by atoms with van der Waals surface area (Å²) in [5.74, 6) is 0. The normalized spacial score (nSPS) is 11.7. The first kappa shape index (κ1) is 25.6. The maximum atomic E-state index is 2.42. The van der Waals surface area contributed by atoms with E-state index in [0.717, 1.165) is 0 Å². The standard InChI is InChI=1S/C43H30N2/c1-29-25-26-31(33-15-2-7-20-39(33)45-42-23-10-5-18-36(42)37-19-6-11-24-43(37)45)28-38(29)30-13-12-14-32(27-30)44-40-21-8-3-16-34(40)35-17-4-9-22-41(35)44/h2-28H,1H3. The van der Waals surface area contributed by atoms with Gasteiger partial charge in [-0.25, -0.2) is 0 Å². The van der Waals surface area contributed by atoms with Gasteiger partial charge in [0.2, 0.25) is 0 Å². The SMILES string of the molecule is Cc1ccc(-c2ccccc2-n2c3ccccc3c3ccccc32)cc1-c1cccc(-n2c3ccccc3c3ccccc32)c1. The highest BCUT2D eigenvalue weighted by atomic mass is 15.0. The summed E-state index contributed by atoms with van der Waals surface area (Å²) >= 11 is 0. The van der Waals surface area contributed by atoms with E-state index < -0.39 is 0 Å². The summed E-state index contributed by atoms with van der Waals surface area (Å²) in [6.07, 6.45) is 0. The minimum atomic E-state index is 1.17. The highest BCUT2D eigenvalue weighted by molar-refractivity contribution is 6.10. The molecule has 0 unspecified atom stereocenters. The summed E-state index contributed by atoms with van der Waals surface area (Å²) in [4.78, 5) is 0. The topological polar surface area (TPSA) is 9.86 Å². The summed E-state index contributed by atoms with van der Waals surface area (Å²) in [6.45, 7) is 2.21. The molecule has 45 heavy (non-hydrogen) atoms. The van der Waals surface area contributed by atoms with Gasteiger partial charge in [-0.15, -0.1) is 0 Å². The van der Waals surface area contributed by atoms with Crippen molar-refractivity contribution in [3.63, 3.8) is 0 Å². The molecule has 2 nitrogen and oxygen atoms in total. The smallest absolute Gasteiger partial charge is 0.0541 e. The van der Waals surface area contributed by atoms with Crippen molar-refractivity contribution in [1.29, 1.82) is 0 Å². The molecule has 9 rings (SSSR count). The molecule has 9 aromatic rings. The van der Waals surface area contributed by atoms with Gasteiger partial charge in [-0.3, -0.25) is 0 Å². The summed E-state index contributed by atoms with van der Waals surface area (Å²) in [5, 5.41) is 5.10. The zero-order valence-electron chi connectivity index (χ0n) is 25.0. The Labute approximate surface area is 262 Å². The van der Waals surface area contributed by atoms with Gasteiger partial charge in [0.1, 0.15) is 0 Å². The lowest BCUT2D eigenvalue weighted by atomic mass is 9.94. The molecule has 2 heterocycles. The predicted octanol–water partition coefficient (Wildman–Crippen LogP) is 11.5. The molecule has 0 N–H and O–H groups in total. The molecule has 212 valence electrons. The minimum absolute atomic E-state index is 1.17. The lowest BCUT2D eigenvalue weighted by Gasteiger charge is -2.16. The first-order chi connectivity index (χ1) is 22.3. The summed E-state index contributed by atoms with van der Waals surface area (Å²) < 4.78 is 4.81. The molecule has 0 bridgehead atoms. The summed E-state index contributed by atoms with van der Waals surface area (Å²) in [5.41, 5.74) is 13.4. The van der Waals surface area contributed by atoms with Crippen LogP contribution in [0, 0.1) is 6.92 Å². The Kier molecular flexibility index (Phi) is 5.76. The predicted molar refractivity (Wildman–Crippen MR) is 191 cm³/mol. The fraction of sp³-hybridized carbons (Fsp3) is 0.0233. The van der Waals surface area contributed by atoms with E-state index in [1.54, 1.807) is 0 Å². The molecule has 0 spiro atoms. The average Bonchev–Trinajstić information content (AvgIpc) is 3.62. The molecule has 0 aliphatic heterocycles. The van der Waals surface area contributed by atoms with Crippen LogP contribution in [0.4, 0.5) is 0 Å². The van der Waals surface area contributed by atoms with Crippen LogP contribution in [0.3, 0.4) is 0 Å². The fourth-order valence-electron chi connectivity index (χ4n) is 7.21. The second-order valence-corrected chi connectivity index (χ2v) is 11.8. The molecule has 0 atom stereocenters. The first-order valence-electron chi connectivity index (χ1n) is 15.5. The number of fused-ring (bicyclic) bond motifs is 6. The van der Waals surface area contributed by atoms with Crippen LogP contribution in [-0.4, -0.2) is 9.13 Å². The Balaban J connectivity index is 1.22. The van der Waals surface area contributed by atoms with Gasteiger partial charge in [-0.1, -0.05) is 115 Å². The van der Waals surface area contributed by atoms with Crippen LogP contribution in [0.15, 0.2) is 164 Å². The van der Waals surface area contributed by atoms with E-state index in [0.29, 0.717) is 0 Å². The Morgan fingerprint density at radius 2 is 0.844 bits per heavy atom. The summed E-state index contributed by atoms with van der Waals surface area (Å²) in [6, 6.07) is 59.5. The van der Waals surface area contributed by atoms with Gasteiger partial charge in [-0.2, -0.15) is 0 Å². The number of rotatable bonds is 4. The number of para-hydroxylation sites is 5. The van der Waals surface area contributed by atoms with Gasteiger partial charge in [0, 0.05) is 32.8 Å². The van der Waals surface area contributed by atoms with Gasteiger partial charge in [-0.05, 0) is 77.7 Å². The molecule has 0 aliphatic rings. The number of hydrogen-bond donors (Lipinski definition) is 0. The van der Waals surface area contributed by atoms with Crippen molar-refractivity contribution in [2.24, 2.45) is 0 Å². The van der Waals surface area contributed by atoms with E-state index in [-0.39, 0.29) is 0 Å². The van der Waals surface area contributed by atoms with Gasteiger partial charge in [0.15, 0.2) is 0 Å². The van der Waals surface area contributed by atoms with Crippen LogP contribution in [0.25, 0.3) is 77.2 Å². The Morgan fingerprint density at radius 1 is 0.356 bits per heavy atom. The van der Waals surface area contributed by atoms with Crippen LogP contribution in [-0.2, 0) is 0 Å². The molecular formula is C43H30N2. The Morgan fingerprint density at radius 3 is 1.44 bits per heavy atom. The maximum absolute atomic E-state index is 2.42. The van der Waals surface area contributed by atoms with E-state index in [4.69, 9.17) is 0 Å². The first-order valence-corrected chi connectivity index (χ1v) is 15.5. The molecule has 0 fully saturated rings. The quantitative estimate of drug-likeness (QED) is 0.198. The van der Waals surface area contributed by atoms with Gasteiger partial charge >= 0.3 is 0 Å². The fourth-order valence-corrected chi connectivity index (χ4v) is 7.21. The van der Waals surface area contributed by atoms with Crippen molar-refractivity contribution < 1.29 is 0 Å². The van der Waals surface area contributed by atoms with Crippen molar-refractivity contribution in [3.05, 3.63) is 169 Å². The van der Waals surface area contributed by atoms with E-state index in [1.807, 2.05) is 0 Å². The van der Waals surface area contributed by atoms with Crippen molar-refractivity contribution in [1.82, 2.24) is 9.13 Å². The third-order valence-electron chi connectivity index (χ3n) is 9.27. The van der Waals surface area contributed by atoms with Crippen LogP contribution >= 0.6 is 0 Å². The molecule has 0 radical (unpaired) electrons. The molecule has 7 aromatic carbocycles. The zero-order chi connectivity index (χ0) is 29.9. The molecule has 0 amide bonds. The number of hydrogen-bond acceptors (Lipinski definition) is 0. The van der Waals surface area contributed by atoms with E-state index >= 15 is 0 Å². The summed E-state index contributed by atoms with van der Waals surface area (Å²) in [7, 11) is 0. The van der Waals surface area contributed by atoms with E-state index in [1.165, 1.54) is 82.8 Å². The van der Waals surface area contributed by atoms with Crippen LogP contribution in [0.5, 0.6) is 0 Å². The lowest BCUT2D eigenvalue weighted by Crippen LogP contribution is -1.97. The highest BCUT2D eigenvalue weighted by Crippen LogP contribution is 2.38. The third kappa shape index (κ3) is 3.96. The van der Waals surface area contributed by atoms with Gasteiger partial charge < -0.3 is 9.13 Å². The molecular weight excluding hydrogens is 544 g/mol. The van der Waals surface area contributed by atoms with Crippen LogP contribution in [0.1, 0.15) is 5.56 Å². The number of aryl methyl sites for hydroxylation is 1.